The van der Waals surface area contributed by atoms with Gasteiger partial charge in [0.05, 0.1) is 6.04 Å². The highest BCUT2D eigenvalue weighted by atomic mass is 16.5. The first kappa shape index (κ1) is 52.1. The monoisotopic (exact) mass is 1070 g/mol. The Bertz CT molecular complexity index is 3230. The van der Waals surface area contributed by atoms with Crippen molar-refractivity contribution in [2.45, 2.75) is 50.2 Å². The molecule has 12 rings (SSSR count). The molecule has 4 atom stereocenters. The molecule has 0 amide bonds. The van der Waals surface area contributed by atoms with Gasteiger partial charge in [-0.3, -0.25) is 4.90 Å². The molecule has 4 unspecified atom stereocenters. The van der Waals surface area contributed by atoms with Crippen molar-refractivity contribution in [2.24, 2.45) is 5.92 Å². The lowest BCUT2D eigenvalue weighted by atomic mass is 9.93. The number of hydrogen-bond acceptors (Lipinski definition) is 20. The molecule has 4 aromatic carbocycles. The third-order valence-electron chi connectivity index (χ3n) is 15.8. The summed E-state index contributed by atoms with van der Waals surface area (Å²) in [6.07, 6.45) is 15.9. The van der Waals surface area contributed by atoms with Crippen molar-refractivity contribution < 1.29 is 9.47 Å². The normalized spacial score (nSPS) is 19.8. The number of hydrogen-bond donors (Lipinski definition) is 2. The lowest BCUT2D eigenvalue weighted by Crippen LogP contribution is -2.57. The zero-order chi connectivity index (χ0) is 54.0. The fourth-order valence-corrected chi connectivity index (χ4v) is 11.3. The number of nitrogens with one attached hydrogen (secondary N) is 2. The van der Waals surface area contributed by atoms with Crippen molar-refractivity contribution in [3.63, 3.8) is 0 Å². The molecular formula is C60H68N18O2. The predicted octanol–water partition coefficient (Wildman–Crippen LogP) is 7.20. The largest absolute Gasteiger partial charge is 0.492 e. The van der Waals surface area contributed by atoms with Gasteiger partial charge < -0.3 is 44.6 Å². The molecular weight excluding hydrogens is 1000 g/mol. The van der Waals surface area contributed by atoms with Crippen LogP contribution in [0.4, 0.5) is 47.1 Å². The third-order valence-corrected chi connectivity index (χ3v) is 15.8. The van der Waals surface area contributed by atoms with Crippen molar-refractivity contribution >= 4 is 47.1 Å². The standard InChI is InChI=1S/C60H68N18O2/c1-73-23-9-14-50(73)39-79-52-19-15-49(16-20-52)70-56-66-42-68-60(72-56)77-28-29-78(58-63-35-46(36-64-58)31-44-12-7-4-8-13-44)54(38-77)47-32-51(74(2)37-47)40-80-53-21-17-48(18-22-53)69-55-65-41-67-59(71-55)76-26-24-75(25-27-76)57-61-33-45(34-62-57)30-43-10-5-3-6-11-43/h3-8,10-13,15-22,33-36,41-42,47,50-51,54H,9,14,23-32,37-40H2,1-2H3,(H,65,67,69,71)(H,66,68,70,72). The Kier molecular flexibility index (Phi) is 16.0. The highest BCUT2D eigenvalue weighted by Crippen LogP contribution is 2.33. The molecule has 8 heterocycles. The van der Waals surface area contributed by atoms with E-state index in [0.717, 1.165) is 104 Å². The molecule has 4 aliphatic heterocycles. The Morgan fingerprint density at radius 3 is 1.50 bits per heavy atom. The van der Waals surface area contributed by atoms with E-state index in [1.54, 1.807) is 12.7 Å². The van der Waals surface area contributed by atoms with E-state index in [4.69, 9.17) is 44.4 Å². The summed E-state index contributed by atoms with van der Waals surface area (Å²) in [5.74, 6) is 5.64. The van der Waals surface area contributed by atoms with E-state index >= 15 is 0 Å². The Balaban J connectivity index is 0.658. The summed E-state index contributed by atoms with van der Waals surface area (Å²) in [5, 5.41) is 6.76. The van der Waals surface area contributed by atoms with Gasteiger partial charge in [-0.25, -0.2) is 39.9 Å². The molecule has 410 valence electrons. The van der Waals surface area contributed by atoms with Crippen LogP contribution >= 0.6 is 0 Å². The second-order valence-corrected chi connectivity index (χ2v) is 21.3. The maximum Gasteiger partial charge on any atom is 0.231 e. The van der Waals surface area contributed by atoms with Crippen molar-refractivity contribution in [1.29, 1.82) is 0 Å². The van der Waals surface area contributed by atoms with Crippen molar-refractivity contribution in [3.05, 3.63) is 169 Å². The van der Waals surface area contributed by atoms with Crippen molar-refractivity contribution in [1.82, 2.24) is 59.6 Å². The van der Waals surface area contributed by atoms with Crippen LogP contribution in [0.2, 0.25) is 0 Å². The summed E-state index contributed by atoms with van der Waals surface area (Å²) in [7, 11) is 4.36. The Morgan fingerprint density at radius 2 is 0.963 bits per heavy atom. The van der Waals surface area contributed by atoms with Crippen molar-refractivity contribution in [2.75, 3.05) is 116 Å². The van der Waals surface area contributed by atoms with E-state index in [2.05, 4.69) is 118 Å². The highest BCUT2D eigenvalue weighted by Gasteiger charge is 2.41. The minimum Gasteiger partial charge on any atom is -0.492 e. The molecule has 20 heteroatoms. The van der Waals surface area contributed by atoms with E-state index in [0.29, 0.717) is 62.7 Å². The Morgan fingerprint density at radius 1 is 0.463 bits per heavy atom. The maximum absolute atomic E-state index is 6.52. The number of anilines is 8. The molecule has 4 aromatic heterocycles. The summed E-state index contributed by atoms with van der Waals surface area (Å²) in [6.45, 7) is 8.35. The second-order valence-electron chi connectivity index (χ2n) is 21.3. The first-order valence-electron chi connectivity index (χ1n) is 27.9. The summed E-state index contributed by atoms with van der Waals surface area (Å²) >= 11 is 0. The highest BCUT2D eigenvalue weighted by molar-refractivity contribution is 5.57. The first-order chi connectivity index (χ1) is 39.4. The number of ether oxygens (including phenoxy) is 2. The topological polar surface area (TPSA) is 191 Å². The average Bonchev–Trinajstić information content (AvgIpc) is 4.12. The Hall–Kier alpha value is -8.62. The molecule has 0 spiro atoms. The minimum atomic E-state index is 0.0787. The molecule has 0 bridgehead atoms. The molecule has 2 N–H and O–H groups in total. The number of benzene rings is 4. The summed E-state index contributed by atoms with van der Waals surface area (Å²) < 4.78 is 12.7. The lowest BCUT2D eigenvalue weighted by molar-refractivity contribution is 0.198. The number of piperazine rings is 2. The molecule has 80 heavy (non-hydrogen) atoms. The van der Waals surface area contributed by atoms with E-state index in [1.165, 1.54) is 24.0 Å². The maximum atomic E-state index is 6.52. The number of aromatic nitrogens is 10. The first-order valence-corrected chi connectivity index (χ1v) is 27.9. The predicted molar refractivity (Wildman–Crippen MR) is 311 cm³/mol. The van der Waals surface area contributed by atoms with Crippen LogP contribution < -0.4 is 39.7 Å². The van der Waals surface area contributed by atoms with Gasteiger partial charge in [0.15, 0.2) is 0 Å². The van der Waals surface area contributed by atoms with Gasteiger partial charge in [0.2, 0.25) is 35.7 Å². The van der Waals surface area contributed by atoms with E-state index < -0.39 is 0 Å². The third kappa shape index (κ3) is 12.9. The van der Waals surface area contributed by atoms with Gasteiger partial charge in [-0.05, 0) is 117 Å². The van der Waals surface area contributed by atoms with Crippen LogP contribution in [0.1, 0.15) is 41.5 Å². The zero-order valence-electron chi connectivity index (χ0n) is 45.5. The second kappa shape index (κ2) is 24.6. The molecule has 0 aliphatic carbocycles. The number of rotatable bonds is 19. The van der Waals surface area contributed by atoms with Gasteiger partial charge in [0.1, 0.15) is 37.4 Å². The molecule has 0 radical (unpaired) electrons. The fourth-order valence-electron chi connectivity index (χ4n) is 11.3. The average molecular weight is 1070 g/mol. The quantitative estimate of drug-likeness (QED) is 0.0826. The molecule has 4 aliphatic rings. The smallest absolute Gasteiger partial charge is 0.231 e. The van der Waals surface area contributed by atoms with Crippen LogP contribution in [0.15, 0.2) is 147 Å². The zero-order valence-corrected chi connectivity index (χ0v) is 45.5. The van der Waals surface area contributed by atoms with Gasteiger partial charge in [0, 0.05) is 113 Å². The van der Waals surface area contributed by atoms with E-state index in [-0.39, 0.29) is 18.0 Å². The van der Waals surface area contributed by atoms with Crippen LogP contribution in [0.25, 0.3) is 0 Å². The summed E-state index contributed by atoms with van der Waals surface area (Å²) in [6, 6.07) is 37.5. The van der Waals surface area contributed by atoms with Gasteiger partial charge >= 0.3 is 0 Å². The SMILES string of the molecule is CN1CCCC1COc1ccc(Nc2ncnc(N3CCN(c4ncc(Cc5ccccc5)cn4)C(C4CC(COc5ccc(Nc6ncnc(N7CCN(c8ncc(Cc9ccccc9)cn8)CC7)n6)cc5)N(C)C4)C3)n2)cc1. The number of likely N-dealkylation sites (tertiary alicyclic amines) is 2. The molecule has 4 saturated heterocycles. The van der Waals surface area contributed by atoms with Gasteiger partial charge in [-0.15, -0.1) is 0 Å². The van der Waals surface area contributed by atoms with Crippen LogP contribution in [-0.2, 0) is 12.8 Å². The fraction of sp³-hybridized carbons (Fsp3) is 0.367. The molecule has 8 aromatic rings. The van der Waals surface area contributed by atoms with Gasteiger partial charge in [0.25, 0.3) is 0 Å². The number of nitrogens with zero attached hydrogens (tertiary/aromatic N) is 16. The number of likely N-dealkylation sites (N-methyl/N-ethyl adjacent to an activating group) is 2. The summed E-state index contributed by atoms with van der Waals surface area (Å²) in [4.78, 5) is 61.1. The Labute approximate surface area is 467 Å². The van der Waals surface area contributed by atoms with E-state index in [1.807, 2.05) is 85.5 Å². The minimum absolute atomic E-state index is 0.0787. The molecule has 4 fully saturated rings. The van der Waals surface area contributed by atoms with Gasteiger partial charge in [-0.2, -0.15) is 9.97 Å². The lowest BCUT2D eigenvalue weighted by Gasteiger charge is -2.44. The molecule has 0 saturated carbocycles. The van der Waals surface area contributed by atoms with E-state index in [9.17, 15) is 0 Å². The van der Waals surface area contributed by atoms with Gasteiger partial charge in [-0.1, -0.05) is 60.7 Å². The summed E-state index contributed by atoms with van der Waals surface area (Å²) in [5.41, 5.74) is 6.38. The van der Waals surface area contributed by atoms with Crippen LogP contribution in [-0.4, -0.2) is 164 Å². The molecule has 20 nitrogen and oxygen atoms in total. The van der Waals surface area contributed by atoms with Crippen LogP contribution in [0, 0.1) is 5.92 Å². The van der Waals surface area contributed by atoms with Crippen LogP contribution in [0.3, 0.4) is 0 Å². The van der Waals surface area contributed by atoms with Crippen LogP contribution in [0.5, 0.6) is 11.5 Å². The van der Waals surface area contributed by atoms with Crippen molar-refractivity contribution in [3.8, 4) is 11.5 Å².